The molecule has 0 unspecified atom stereocenters. The maximum Gasteiger partial charge on any atom is 3.00 e. The number of rotatable bonds is 0. The van der Waals surface area contributed by atoms with Gasteiger partial charge in [-0.1, -0.05) is 0 Å². The molecule has 0 spiro atoms. The fraction of sp³-hybridized carbons (Fsp3) is 0. The molecule has 0 fully saturated rings. The third kappa shape index (κ3) is 1260. The van der Waals surface area contributed by atoms with Gasteiger partial charge in [0.1, 0.15) is 0 Å². The summed E-state index contributed by atoms with van der Waals surface area (Å²) in [5.41, 5.74) is 0. The minimum atomic E-state index is -5.75. The molecule has 0 aliphatic rings. The van der Waals surface area contributed by atoms with Crippen molar-refractivity contribution in [2.45, 2.75) is 0 Å². The van der Waals surface area contributed by atoms with Crippen LogP contribution in [0.1, 0.15) is 0 Å². The molecule has 12 nitrogen and oxygen atoms in total. The van der Waals surface area contributed by atoms with E-state index in [2.05, 4.69) is 0 Å². The van der Waals surface area contributed by atoms with Gasteiger partial charge in [-0.2, -0.15) is 0 Å². The van der Waals surface area contributed by atoms with Gasteiger partial charge in [-0.05, 0) is 0 Å². The van der Waals surface area contributed by atoms with E-state index >= 15 is 0 Å². The van der Waals surface area contributed by atoms with Crippen LogP contribution in [0.2, 0.25) is 0 Å². The fourth-order valence-electron chi connectivity index (χ4n) is 0. The first-order chi connectivity index (χ1) is 6.00. The standard InChI is InChI=1S/3Cr.12O.2Sc/q;;;;;;;;;6*-1;2*+3. The first kappa shape index (κ1) is 31.3. The second-order valence-electron chi connectivity index (χ2n) is 1.22. The van der Waals surface area contributed by atoms with Crippen LogP contribution in [0.25, 0.3) is 0 Å². The van der Waals surface area contributed by atoms with Crippen molar-refractivity contribution in [2.75, 3.05) is 0 Å². The summed E-state index contributed by atoms with van der Waals surface area (Å²) >= 11 is -17.2. The summed E-state index contributed by atoms with van der Waals surface area (Å²) in [5, 5.41) is 0. The van der Waals surface area contributed by atoms with Gasteiger partial charge < -0.3 is 0 Å². The van der Waals surface area contributed by atoms with Gasteiger partial charge in [0.05, 0.1) is 0 Å². The molecule has 0 aliphatic heterocycles. The summed E-state index contributed by atoms with van der Waals surface area (Å²) in [5.74, 6) is 0. The number of hydrogen-bond donors (Lipinski definition) is 0. The van der Waals surface area contributed by atoms with Gasteiger partial charge >= 0.3 is 140 Å². The second-order valence-corrected chi connectivity index (χ2v) is 5.05. The Morgan fingerprint density at radius 2 is 0.412 bits per heavy atom. The Morgan fingerprint density at radius 1 is 0.412 bits per heavy atom. The zero-order valence-electron chi connectivity index (χ0n) is 7.28. The molecule has 0 heterocycles. The molecular formula is Cr3O12Sc2. The van der Waals surface area contributed by atoms with Crippen LogP contribution in [0.4, 0.5) is 0 Å². The largest absolute Gasteiger partial charge is 3.00 e. The van der Waals surface area contributed by atoms with Gasteiger partial charge in [-0.3, -0.25) is 0 Å². The quantitative estimate of drug-likeness (QED) is 0.343. The summed E-state index contributed by atoms with van der Waals surface area (Å²) in [4.78, 5) is 0. The molecule has 0 aromatic heterocycles. The zero-order valence-corrected chi connectivity index (χ0v) is 14.7. The molecule has 0 aliphatic carbocycles. The molecule has 96 valence electrons. The van der Waals surface area contributed by atoms with E-state index in [1.807, 2.05) is 0 Å². The van der Waals surface area contributed by atoms with Crippen LogP contribution in [-0.2, 0) is 115 Å². The van der Waals surface area contributed by atoms with Crippen LogP contribution < -0.4 is 24.9 Å². The van der Waals surface area contributed by atoms with E-state index in [4.69, 9.17) is 47.8 Å². The van der Waals surface area contributed by atoms with Crippen molar-refractivity contribution in [2.24, 2.45) is 0 Å². The van der Waals surface area contributed by atoms with Crippen molar-refractivity contribution >= 4 is 0 Å². The monoisotopic (exact) mass is 438 g/mol. The summed E-state index contributed by atoms with van der Waals surface area (Å²) in [7, 11) is 0. The molecule has 0 aromatic carbocycles. The summed E-state index contributed by atoms with van der Waals surface area (Å²) in [6, 6.07) is 0. The number of hydrogen-bond acceptors (Lipinski definition) is 12. The topological polar surface area (TPSA) is 241 Å². The molecule has 0 aromatic rings. The van der Waals surface area contributed by atoms with Crippen molar-refractivity contribution in [3.8, 4) is 0 Å². The van der Waals surface area contributed by atoms with E-state index in [1.54, 1.807) is 0 Å². The average Bonchev–Trinajstić information content (AvgIpc) is 1.41. The van der Waals surface area contributed by atoms with Crippen LogP contribution >= 0.6 is 0 Å². The van der Waals surface area contributed by atoms with Crippen molar-refractivity contribution in [3.05, 3.63) is 0 Å². The SMILES string of the molecule is [O]=[Cr](=[O])([O-])[O-].[O]=[Cr](=[O])([O-])[O-].[O]=[Cr](=[O])([O-])[O-].[Sc+3].[Sc+3]. The van der Waals surface area contributed by atoms with Gasteiger partial charge in [-0.15, -0.1) is 0 Å². The third-order valence-electron chi connectivity index (χ3n) is 0. The van der Waals surface area contributed by atoms with E-state index < -0.39 is 40.8 Å². The molecule has 0 bridgehead atoms. The van der Waals surface area contributed by atoms with Crippen molar-refractivity contribution in [3.63, 3.8) is 0 Å². The minimum absolute atomic E-state index is 0. The molecule has 17 heteroatoms. The fourth-order valence-corrected chi connectivity index (χ4v) is 0. The van der Waals surface area contributed by atoms with Gasteiger partial charge in [0.25, 0.3) is 0 Å². The van der Waals surface area contributed by atoms with Crippen molar-refractivity contribution in [1.82, 2.24) is 0 Å². The Morgan fingerprint density at radius 3 is 0.412 bits per heavy atom. The smallest absolute Gasteiger partial charge is 3.00 e. The van der Waals surface area contributed by atoms with Crippen LogP contribution in [-0.4, -0.2) is 0 Å². The minimum Gasteiger partial charge on any atom is 3.00 e. The molecule has 0 N–H and O–H groups in total. The first-order valence-electron chi connectivity index (χ1n) is 2.00. The van der Waals surface area contributed by atoms with Crippen molar-refractivity contribution < 1.29 is 140 Å². The van der Waals surface area contributed by atoms with E-state index in [1.165, 1.54) is 0 Å². The van der Waals surface area contributed by atoms with E-state index in [-0.39, 0.29) is 51.7 Å². The molecule has 0 rings (SSSR count). The normalized spacial score (nSPS) is 10.2. The zero-order chi connectivity index (χ0) is 13.5. The Labute approximate surface area is 138 Å². The summed E-state index contributed by atoms with van der Waals surface area (Å²) in [6.07, 6.45) is 0. The summed E-state index contributed by atoms with van der Waals surface area (Å²) < 4.78 is 103. The van der Waals surface area contributed by atoms with Crippen LogP contribution in [0.15, 0.2) is 0 Å². The molecular weight excluding hydrogens is 438 g/mol. The summed E-state index contributed by atoms with van der Waals surface area (Å²) in [6.45, 7) is 0. The molecule has 17 heavy (non-hydrogen) atoms. The van der Waals surface area contributed by atoms with E-state index in [9.17, 15) is 0 Å². The average molecular weight is 438 g/mol. The van der Waals surface area contributed by atoms with Crippen molar-refractivity contribution in [1.29, 1.82) is 0 Å². The Hall–Kier alpha value is 1.90. The molecule has 0 saturated carbocycles. The molecule has 0 radical (unpaired) electrons. The Bertz CT molecular complexity index is 341. The van der Waals surface area contributed by atoms with Crippen LogP contribution in [0.5, 0.6) is 0 Å². The predicted octanol–water partition coefficient (Wildman–Crippen LogP) is -7.86. The van der Waals surface area contributed by atoms with Gasteiger partial charge in [0.15, 0.2) is 0 Å². The molecule has 0 saturated heterocycles. The maximum absolute atomic E-state index is 8.59. The van der Waals surface area contributed by atoms with E-state index in [0.717, 1.165) is 0 Å². The third-order valence-corrected chi connectivity index (χ3v) is 0. The van der Waals surface area contributed by atoms with Gasteiger partial charge in [-0.25, -0.2) is 0 Å². The van der Waals surface area contributed by atoms with Crippen LogP contribution in [0, 0.1) is 0 Å². The predicted molar refractivity (Wildman–Crippen MR) is 4.12 cm³/mol. The Kier molecular flexibility index (Phi) is 23.8. The Balaban J connectivity index is -0.0000000400. The van der Waals surface area contributed by atoms with E-state index in [0.29, 0.717) is 0 Å². The first-order valence-corrected chi connectivity index (χ1v) is 8.25. The molecule has 0 amide bonds. The van der Waals surface area contributed by atoms with Gasteiger partial charge in [0.2, 0.25) is 0 Å². The van der Waals surface area contributed by atoms with Crippen LogP contribution in [0.3, 0.4) is 0 Å². The van der Waals surface area contributed by atoms with Gasteiger partial charge in [0, 0.05) is 0 Å². The second kappa shape index (κ2) is 12.9. The maximum atomic E-state index is 8.59. The molecule has 0 atom stereocenters.